The molecule has 1 aliphatic rings. The molecular weight excluding hydrogens is 396 g/mol. The van der Waals surface area contributed by atoms with Crippen molar-refractivity contribution in [1.82, 2.24) is 15.3 Å². The number of nitrogens with one attached hydrogen (secondary N) is 3. The minimum absolute atomic E-state index is 0.145. The molecule has 1 fully saturated rings. The standard InChI is InChI=1S/C23H24N4O2S/c1-15-20(13-16-7-3-2-4-8-16)27-23(24-15)30-14-21(28)26-19-10-6-5-9-18(19)22(29)25-17-11-12-17/h2-10,17H,11-14H2,1H3,(H,24,27)(H,25,29)(H,26,28). The zero-order valence-corrected chi connectivity index (χ0v) is 17.6. The molecule has 7 heteroatoms. The summed E-state index contributed by atoms with van der Waals surface area (Å²) >= 11 is 1.35. The molecule has 2 aromatic carbocycles. The molecular formula is C23H24N4O2S. The van der Waals surface area contributed by atoms with Crippen molar-refractivity contribution in [3.8, 4) is 0 Å². The lowest BCUT2D eigenvalue weighted by atomic mass is 10.1. The summed E-state index contributed by atoms with van der Waals surface area (Å²) in [5.74, 6) is -0.116. The summed E-state index contributed by atoms with van der Waals surface area (Å²) < 4.78 is 0. The Kier molecular flexibility index (Phi) is 6.18. The molecule has 1 aromatic heterocycles. The molecule has 154 valence electrons. The van der Waals surface area contributed by atoms with E-state index in [1.807, 2.05) is 31.2 Å². The number of para-hydroxylation sites is 1. The molecule has 0 radical (unpaired) electrons. The van der Waals surface area contributed by atoms with Gasteiger partial charge in [-0.1, -0.05) is 54.2 Å². The van der Waals surface area contributed by atoms with Gasteiger partial charge in [0.05, 0.1) is 22.7 Å². The second kappa shape index (κ2) is 9.17. The van der Waals surface area contributed by atoms with Gasteiger partial charge in [-0.05, 0) is 37.5 Å². The van der Waals surface area contributed by atoms with Crippen molar-refractivity contribution in [2.75, 3.05) is 11.1 Å². The monoisotopic (exact) mass is 420 g/mol. The maximum absolute atomic E-state index is 12.5. The van der Waals surface area contributed by atoms with Crippen LogP contribution in [0.1, 0.15) is 40.2 Å². The molecule has 3 aromatic rings. The van der Waals surface area contributed by atoms with Gasteiger partial charge in [-0.25, -0.2) is 4.98 Å². The fraction of sp³-hybridized carbons (Fsp3) is 0.261. The fourth-order valence-electron chi connectivity index (χ4n) is 3.10. The molecule has 0 bridgehead atoms. The van der Waals surface area contributed by atoms with Gasteiger partial charge in [0.15, 0.2) is 5.16 Å². The largest absolute Gasteiger partial charge is 0.349 e. The van der Waals surface area contributed by atoms with E-state index in [-0.39, 0.29) is 23.6 Å². The van der Waals surface area contributed by atoms with Crippen molar-refractivity contribution in [1.29, 1.82) is 0 Å². The summed E-state index contributed by atoms with van der Waals surface area (Å²) in [5, 5.41) is 6.53. The maximum Gasteiger partial charge on any atom is 0.253 e. The van der Waals surface area contributed by atoms with Gasteiger partial charge in [0.1, 0.15) is 0 Å². The Morgan fingerprint density at radius 2 is 1.83 bits per heavy atom. The molecule has 0 saturated heterocycles. The van der Waals surface area contributed by atoms with Crippen LogP contribution >= 0.6 is 11.8 Å². The van der Waals surface area contributed by atoms with Gasteiger partial charge >= 0.3 is 0 Å². The Hall–Kier alpha value is -3.06. The van der Waals surface area contributed by atoms with Crippen molar-refractivity contribution in [2.24, 2.45) is 0 Å². The van der Waals surface area contributed by atoms with Crippen molar-refractivity contribution in [2.45, 2.75) is 37.4 Å². The van der Waals surface area contributed by atoms with E-state index in [2.05, 4.69) is 32.7 Å². The van der Waals surface area contributed by atoms with Crippen LogP contribution in [-0.2, 0) is 11.2 Å². The quantitative estimate of drug-likeness (QED) is 0.482. The molecule has 2 amide bonds. The maximum atomic E-state index is 12.5. The minimum Gasteiger partial charge on any atom is -0.349 e. The third kappa shape index (κ3) is 5.30. The number of aryl methyl sites for hydroxylation is 1. The number of carbonyl (C=O) groups is 2. The summed E-state index contributed by atoms with van der Waals surface area (Å²) in [6.07, 6.45) is 2.79. The van der Waals surface area contributed by atoms with Crippen LogP contribution in [-0.4, -0.2) is 33.6 Å². The molecule has 4 rings (SSSR count). The number of H-pyrrole nitrogens is 1. The van der Waals surface area contributed by atoms with Crippen LogP contribution in [0.15, 0.2) is 59.8 Å². The van der Waals surface area contributed by atoms with E-state index in [4.69, 9.17) is 0 Å². The molecule has 0 aliphatic heterocycles. The number of thioether (sulfide) groups is 1. The van der Waals surface area contributed by atoms with Crippen LogP contribution in [0.5, 0.6) is 0 Å². The van der Waals surface area contributed by atoms with Crippen molar-refractivity contribution in [3.63, 3.8) is 0 Å². The SMILES string of the molecule is Cc1[nH]c(SCC(=O)Nc2ccccc2C(=O)NC2CC2)nc1Cc1ccccc1. The number of amides is 2. The van der Waals surface area contributed by atoms with Crippen LogP contribution in [0, 0.1) is 6.92 Å². The summed E-state index contributed by atoms with van der Waals surface area (Å²) in [6, 6.07) is 17.5. The number of benzene rings is 2. The van der Waals surface area contributed by atoms with E-state index in [0.717, 1.165) is 30.7 Å². The van der Waals surface area contributed by atoms with Crippen LogP contribution < -0.4 is 10.6 Å². The Balaban J connectivity index is 1.34. The lowest BCUT2D eigenvalue weighted by Gasteiger charge is -2.10. The van der Waals surface area contributed by atoms with E-state index in [1.54, 1.807) is 18.2 Å². The highest BCUT2D eigenvalue weighted by Gasteiger charge is 2.25. The molecule has 1 heterocycles. The second-order valence-corrected chi connectivity index (χ2v) is 8.37. The molecule has 1 saturated carbocycles. The van der Waals surface area contributed by atoms with Gasteiger partial charge in [-0.3, -0.25) is 9.59 Å². The highest BCUT2D eigenvalue weighted by molar-refractivity contribution is 7.99. The van der Waals surface area contributed by atoms with Crippen LogP contribution in [0.3, 0.4) is 0 Å². The van der Waals surface area contributed by atoms with Gasteiger partial charge in [-0.15, -0.1) is 0 Å². The Morgan fingerprint density at radius 1 is 1.10 bits per heavy atom. The Labute approximate surface area is 179 Å². The smallest absolute Gasteiger partial charge is 0.253 e. The second-order valence-electron chi connectivity index (χ2n) is 7.41. The molecule has 3 N–H and O–H groups in total. The molecule has 1 aliphatic carbocycles. The number of aromatic amines is 1. The van der Waals surface area contributed by atoms with Crippen LogP contribution in [0.25, 0.3) is 0 Å². The van der Waals surface area contributed by atoms with Crippen molar-refractivity contribution >= 4 is 29.3 Å². The van der Waals surface area contributed by atoms with Gasteiger partial charge < -0.3 is 15.6 Å². The Morgan fingerprint density at radius 3 is 2.60 bits per heavy atom. The number of rotatable bonds is 8. The number of hydrogen-bond acceptors (Lipinski definition) is 4. The van der Waals surface area contributed by atoms with E-state index < -0.39 is 0 Å². The van der Waals surface area contributed by atoms with Gasteiger partial charge in [0.25, 0.3) is 5.91 Å². The van der Waals surface area contributed by atoms with E-state index >= 15 is 0 Å². The zero-order chi connectivity index (χ0) is 20.9. The topological polar surface area (TPSA) is 86.9 Å². The summed E-state index contributed by atoms with van der Waals surface area (Å²) in [4.78, 5) is 32.7. The first kappa shape index (κ1) is 20.2. The lowest BCUT2D eigenvalue weighted by Crippen LogP contribution is -2.27. The lowest BCUT2D eigenvalue weighted by molar-refractivity contribution is -0.113. The third-order valence-corrected chi connectivity index (χ3v) is 5.75. The number of imidazole rings is 1. The first-order chi connectivity index (χ1) is 14.6. The minimum atomic E-state index is -0.176. The number of aromatic nitrogens is 2. The van der Waals surface area contributed by atoms with Gasteiger partial charge in [0.2, 0.25) is 5.91 Å². The highest BCUT2D eigenvalue weighted by atomic mass is 32.2. The number of nitrogens with zero attached hydrogens (tertiary/aromatic N) is 1. The van der Waals surface area contributed by atoms with E-state index in [0.29, 0.717) is 16.4 Å². The summed E-state index contributed by atoms with van der Waals surface area (Å²) in [6.45, 7) is 1.99. The van der Waals surface area contributed by atoms with Crippen LogP contribution in [0.4, 0.5) is 5.69 Å². The number of hydrogen-bond donors (Lipinski definition) is 3. The number of carbonyl (C=O) groups excluding carboxylic acids is 2. The predicted octanol–water partition coefficient (Wildman–Crippen LogP) is 3.93. The average molecular weight is 421 g/mol. The third-order valence-electron chi connectivity index (χ3n) is 4.88. The van der Waals surface area contributed by atoms with E-state index in [9.17, 15) is 9.59 Å². The normalized spacial score (nSPS) is 13.1. The van der Waals surface area contributed by atoms with Crippen LogP contribution in [0.2, 0.25) is 0 Å². The van der Waals surface area contributed by atoms with Gasteiger partial charge in [0, 0.05) is 18.2 Å². The first-order valence-electron chi connectivity index (χ1n) is 10.0. The molecule has 0 atom stereocenters. The molecule has 0 unspecified atom stereocenters. The molecule has 0 spiro atoms. The Bertz CT molecular complexity index is 1040. The van der Waals surface area contributed by atoms with Crippen molar-refractivity contribution in [3.05, 3.63) is 77.1 Å². The number of anilines is 1. The molecule has 6 nitrogen and oxygen atoms in total. The summed E-state index contributed by atoms with van der Waals surface area (Å²) in [7, 11) is 0. The average Bonchev–Trinajstić information content (AvgIpc) is 3.49. The van der Waals surface area contributed by atoms with E-state index in [1.165, 1.54) is 17.3 Å². The van der Waals surface area contributed by atoms with Gasteiger partial charge in [-0.2, -0.15) is 0 Å². The predicted molar refractivity (Wildman–Crippen MR) is 119 cm³/mol. The summed E-state index contributed by atoms with van der Waals surface area (Å²) in [5.41, 5.74) is 4.20. The first-order valence-corrected chi connectivity index (χ1v) is 11.0. The fourth-order valence-corrected chi connectivity index (χ4v) is 3.84. The highest BCUT2D eigenvalue weighted by Crippen LogP contribution is 2.23. The van der Waals surface area contributed by atoms with Crippen molar-refractivity contribution < 1.29 is 9.59 Å². The molecule has 30 heavy (non-hydrogen) atoms. The zero-order valence-electron chi connectivity index (χ0n) is 16.8.